The SMILES string of the molecule is CC(NCCc1cc(F)cc(F)c1)c1ccc(O)cc1F. The van der Waals surface area contributed by atoms with Crippen molar-refractivity contribution in [1.82, 2.24) is 5.32 Å². The van der Waals surface area contributed by atoms with Crippen LogP contribution in [0.3, 0.4) is 0 Å². The van der Waals surface area contributed by atoms with Crippen LogP contribution in [0.25, 0.3) is 0 Å². The van der Waals surface area contributed by atoms with Crippen LogP contribution in [-0.4, -0.2) is 11.7 Å². The van der Waals surface area contributed by atoms with Gasteiger partial charge in [-0.15, -0.1) is 0 Å². The van der Waals surface area contributed by atoms with Gasteiger partial charge in [-0.2, -0.15) is 0 Å². The third-order valence-corrected chi connectivity index (χ3v) is 3.24. The first kappa shape index (κ1) is 15.4. The lowest BCUT2D eigenvalue weighted by Crippen LogP contribution is -2.22. The lowest BCUT2D eigenvalue weighted by molar-refractivity contribution is 0.464. The Balaban J connectivity index is 1.93. The van der Waals surface area contributed by atoms with Crippen LogP contribution in [0.4, 0.5) is 13.2 Å². The van der Waals surface area contributed by atoms with Crippen molar-refractivity contribution >= 4 is 0 Å². The van der Waals surface area contributed by atoms with E-state index in [-0.39, 0.29) is 11.8 Å². The van der Waals surface area contributed by atoms with E-state index in [1.165, 1.54) is 24.3 Å². The molecule has 0 aliphatic rings. The minimum Gasteiger partial charge on any atom is -0.508 e. The van der Waals surface area contributed by atoms with E-state index in [0.29, 0.717) is 24.1 Å². The topological polar surface area (TPSA) is 32.3 Å². The summed E-state index contributed by atoms with van der Waals surface area (Å²) in [6, 6.07) is 7.07. The highest BCUT2D eigenvalue weighted by atomic mass is 19.1. The number of rotatable bonds is 5. The molecule has 0 amide bonds. The Kier molecular flexibility index (Phi) is 4.85. The minimum absolute atomic E-state index is 0.126. The smallest absolute Gasteiger partial charge is 0.131 e. The number of aromatic hydroxyl groups is 1. The zero-order chi connectivity index (χ0) is 15.4. The molecule has 0 saturated heterocycles. The predicted octanol–water partition coefficient (Wildman–Crippen LogP) is 3.70. The van der Waals surface area contributed by atoms with E-state index >= 15 is 0 Å². The van der Waals surface area contributed by atoms with Crippen LogP contribution in [-0.2, 0) is 6.42 Å². The molecule has 0 aromatic heterocycles. The Labute approximate surface area is 121 Å². The average Bonchev–Trinajstić information content (AvgIpc) is 2.37. The third-order valence-electron chi connectivity index (χ3n) is 3.24. The van der Waals surface area contributed by atoms with E-state index in [1.807, 2.05) is 0 Å². The first-order valence-electron chi connectivity index (χ1n) is 6.62. The van der Waals surface area contributed by atoms with Crippen LogP contribution >= 0.6 is 0 Å². The number of phenolic OH excluding ortho intramolecular Hbond substituents is 1. The Hall–Kier alpha value is -2.01. The van der Waals surface area contributed by atoms with Crippen LogP contribution in [0.5, 0.6) is 5.75 Å². The number of nitrogens with one attached hydrogen (secondary N) is 1. The summed E-state index contributed by atoms with van der Waals surface area (Å²) in [6.45, 7) is 2.23. The van der Waals surface area contributed by atoms with Crippen molar-refractivity contribution in [2.75, 3.05) is 6.54 Å². The van der Waals surface area contributed by atoms with E-state index in [9.17, 15) is 13.2 Å². The Morgan fingerprint density at radius 3 is 2.33 bits per heavy atom. The van der Waals surface area contributed by atoms with Crippen molar-refractivity contribution in [3.8, 4) is 5.75 Å². The average molecular weight is 295 g/mol. The first-order valence-corrected chi connectivity index (χ1v) is 6.62. The summed E-state index contributed by atoms with van der Waals surface area (Å²) < 4.78 is 39.7. The van der Waals surface area contributed by atoms with Gasteiger partial charge in [-0.1, -0.05) is 6.07 Å². The molecule has 2 aromatic carbocycles. The van der Waals surface area contributed by atoms with Crippen molar-refractivity contribution in [2.45, 2.75) is 19.4 Å². The summed E-state index contributed by atoms with van der Waals surface area (Å²) in [5.74, 6) is -1.84. The van der Waals surface area contributed by atoms with Crippen molar-refractivity contribution in [1.29, 1.82) is 0 Å². The second-order valence-corrected chi connectivity index (χ2v) is 4.91. The van der Waals surface area contributed by atoms with Crippen molar-refractivity contribution in [3.63, 3.8) is 0 Å². The molecule has 0 spiro atoms. The highest BCUT2D eigenvalue weighted by Crippen LogP contribution is 2.21. The standard InChI is InChI=1S/C16H16F3NO/c1-10(15-3-2-14(21)9-16(15)19)20-5-4-11-6-12(17)8-13(18)7-11/h2-3,6-10,20-21H,4-5H2,1H3. The Morgan fingerprint density at radius 1 is 1.05 bits per heavy atom. The van der Waals surface area contributed by atoms with E-state index < -0.39 is 17.5 Å². The third kappa shape index (κ3) is 4.23. The summed E-state index contributed by atoms with van der Waals surface area (Å²) in [5.41, 5.74) is 0.969. The van der Waals surface area contributed by atoms with Crippen LogP contribution in [0.15, 0.2) is 36.4 Å². The highest BCUT2D eigenvalue weighted by molar-refractivity contribution is 5.29. The second-order valence-electron chi connectivity index (χ2n) is 4.91. The molecule has 1 atom stereocenters. The molecule has 0 saturated carbocycles. The van der Waals surface area contributed by atoms with Gasteiger partial charge in [0, 0.05) is 23.7 Å². The minimum atomic E-state index is -0.609. The molecule has 5 heteroatoms. The van der Waals surface area contributed by atoms with Gasteiger partial charge in [-0.3, -0.25) is 0 Å². The van der Waals surface area contributed by atoms with Crippen LogP contribution in [0.2, 0.25) is 0 Å². The normalized spacial score (nSPS) is 12.4. The van der Waals surface area contributed by atoms with Gasteiger partial charge in [0.05, 0.1) is 0 Å². The van der Waals surface area contributed by atoms with E-state index in [4.69, 9.17) is 5.11 Å². The number of halogens is 3. The fourth-order valence-corrected chi connectivity index (χ4v) is 2.17. The van der Waals surface area contributed by atoms with Gasteiger partial charge in [0.15, 0.2) is 0 Å². The molecular weight excluding hydrogens is 279 g/mol. The molecule has 2 aromatic rings. The predicted molar refractivity (Wildman–Crippen MR) is 74.5 cm³/mol. The first-order chi connectivity index (χ1) is 9.95. The fourth-order valence-electron chi connectivity index (χ4n) is 2.17. The van der Waals surface area contributed by atoms with Gasteiger partial charge in [-0.05, 0) is 43.7 Å². The van der Waals surface area contributed by atoms with Gasteiger partial charge in [-0.25, -0.2) is 13.2 Å². The van der Waals surface area contributed by atoms with Gasteiger partial charge < -0.3 is 10.4 Å². The van der Waals surface area contributed by atoms with Crippen LogP contribution in [0.1, 0.15) is 24.1 Å². The zero-order valence-corrected chi connectivity index (χ0v) is 11.5. The molecular formula is C16H16F3NO. The zero-order valence-electron chi connectivity index (χ0n) is 11.5. The van der Waals surface area contributed by atoms with Gasteiger partial charge >= 0.3 is 0 Å². The fraction of sp³-hybridized carbons (Fsp3) is 0.250. The lowest BCUT2D eigenvalue weighted by Gasteiger charge is -2.15. The van der Waals surface area contributed by atoms with Gasteiger partial charge in [0.25, 0.3) is 0 Å². The Bertz CT molecular complexity index is 611. The van der Waals surface area contributed by atoms with E-state index in [1.54, 1.807) is 6.92 Å². The summed E-state index contributed by atoms with van der Waals surface area (Å²) in [4.78, 5) is 0. The molecule has 0 fully saturated rings. The molecule has 21 heavy (non-hydrogen) atoms. The molecule has 0 radical (unpaired) electrons. The van der Waals surface area contributed by atoms with Gasteiger partial charge in [0.1, 0.15) is 23.2 Å². The quantitative estimate of drug-likeness (QED) is 0.881. The van der Waals surface area contributed by atoms with Crippen molar-refractivity contribution in [2.24, 2.45) is 0 Å². The summed E-state index contributed by atoms with van der Waals surface area (Å²) in [5, 5.41) is 12.2. The number of hydrogen-bond donors (Lipinski definition) is 2. The summed E-state index contributed by atoms with van der Waals surface area (Å²) >= 11 is 0. The highest BCUT2D eigenvalue weighted by Gasteiger charge is 2.11. The molecule has 2 rings (SSSR count). The van der Waals surface area contributed by atoms with Crippen molar-refractivity contribution < 1.29 is 18.3 Å². The molecule has 0 bridgehead atoms. The Morgan fingerprint density at radius 2 is 1.71 bits per heavy atom. The van der Waals surface area contributed by atoms with Crippen molar-refractivity contribution in [3.05, 3.63) is 65.0 Å². The van der Waals surface area contributed by atoms with E-state index in [0.717, 1.165) is 12.1 Å². The lowest BCUT2D eigenvalue weighted by atomic mass is 10.1. The van der Waals surface area contributed by atoms with E-state index in [2.05, 4.69) is 5.32 Å². The molecule has 0 heterocycles. The van der Waals surface area contributed by atoms with Crippen LogP contribution < -0.4 is 5.32 Å². The molecule has 0 aliphatic heterocycles. The van der Waals surface area contributed by atoms with Gasteiger partial charge in [0.2, 0.25) is 0 Å². The second kappa shape index (κ2) is 6.63. The molecule has 0 aliphatic carbocycles. The number of hydrogen-bond acceptors (Lipinski definition) is 2. The summed E-state index contributed by atoms with van der Waals surface area (Å²) in [7, 11) is 0. The maximum Gasteiger partial charge on any atom is 0.131 e. The number of benzene rings is 2. The maximum atomic E-state index is 13.7. The molecule has 2 N–H and O–H groups in total. The molecule has 2 nitrogen and oxygen atoms in total. The summed E-state index contributed by atoms with van der Waals surface area (Å²) in [6.07, 6.45) is 0.429. The monoisotopic (exact) mass is 295 g/mol. The number of phenols is 1. The van der Waals surface area contributed by atoms with Crippen LogP contribution in [0, 0.1) is 17.5 Å². The maximum absolute atomic E-state index is 13.7. The largest absolute Gasteiger partial charge is 0.508 e. The molecule has 1 unspecified atom stereocenters. The molecule has 112 valence electrons.